The van der Waals surface area contributed by atoms with Gasteiger partial charge in [0.15, 0.2) is 0 Å². The molecule has 2 N–H and O–H groups in total. The Morgan fingerprint density at radius 1 is 1.21 bits per heavy atom. The summed E-state index contributed by atoms with van der Waals surface area (Å²) in [5.74, 6) is -1.06. The molecule has 0 rings (SSSR count). The molecule has 5 heteroatoms. The largest absolute Gasteiger partial charge is 0.481 e. The molecule has 0 aliphatic carbocycles. The lowest BCUT2D eigenvalue weighted by molar-refractivity contribution is -0.142. The number of aliphatic carboxylic acids is 1. The summed E-state index contributed by atoms with van der Waals surface area (Å²) in [7, 11) is 1.76. The molecule has 0 aromatic rings. The highest BCUT2D eigenvalue weighted by Crippen LogP contribution is 2.12. The molecule has 0 fully saturated rings. The lowest BCUT2D eigenvalue weighted by atomic mass is 9.97. The molecule has 0 aromatic carbocycles. The number of carbonyl (C=O) groups excluding carboxylic acids is 1. The van der Waals surface area contributed by atoms with Crippen LogP contribution in [0.4, 0.5) is 4.79 Å². The van der Waals surface area contributed by atoms with Gasteiger partial charge in [-0.05, 0) is 25.2 Å². The van der Waals surface area contributed by atoms with Crippen molar-refractivity contribution in [1.82, 2.24) is 10.2 Å². The van der Waals surface area contributed by atoms with Crippen molar-refractivity contribution in [3.8, 4) is 0 Å². The zero-order chi connectivity index (χ0) is 15.0. The Kier molecular flexibility index (Phi) is 8.19. The molecular weight excluding hydrogens is 244 g/mol. The first-order valence-electron chi connectivity index (χ1n) is 7.06. The number of nitrogens with zero attached hydrogens (tertiary/aromatic N) is 1. The van der Waals surface area contributed by atoms with E-state index in [9.17, 15) is 9.59 Å². The van der Waals surface area contributed by atoms with Gasteiger partial charge in [0.2, 0.25) is 0 Å². The minimum Gasteiger partial charge on any atom is -0.481 e. The van der Waals surface area contributed by atoms with Gasteiger partial charge >= 0.3 is 12.0 Å². The Balaban J connectivity index is 4.35. The molecular formula is C14H28N2O3. The van der Waals surface area contributed by atoms with Gasteiger partial charge in [-0.3, -0.25) is 4.79 Å². The summed E-state index contributed by atoms with van der Waals surface area (Å²) >= 11 is 0. The van der Waals surface area contributed by atoms with Crippen LogP contribution in [0.3, 0.4) is 0 Å². The third-order valence-electron chi connectivity index (χ3n) is 3.42. The maximum absolute atomic E-state index is 11.9. The molecule has 0 spiro atoms. The van der Waals surface area contributed by atoms with Crippen LogP contribution in [0.15, 0.2) is 0 Å². The molecule has 0 aliphatic heterocycles. The lowest BCUT2D eigenvalue weighted by Crippen LogP contribution is -2.45. The maximum atomic E-state index is 11.9. The molecule has 19 heavy (non-hydrogen) atoms. The minimum absolute atomic E-state index is 0.191. The Bertz CT molecular complexity index is 288. The van der Waals surface area contributed by atoms with Crippen molar-refractivity contribution >= 4 is 12.0 Å². The van der Waals surface area contributed by atoms with E-state index in [1.54, 1.807) is 11.9 Å². The normalized spacial score (nSPS) is 12.6. The van der Waals surface area contributed by atoms with Crippen molar-refractivity contribution < 1.29 is 14.7 Å². The van der Waals surface area contributed by atoms with Crippen LogP contribution in [0.1, 0.15) is 47.0 Å². The number of carboxylic acids is 1. The Hall–Kier alpha value is -1.26. The first-order chi connectivity index (χ1) is 8.83. The Morgan fingerprint density at radius 2 is 1.74 bits per heavy atom. The van der Waals surface area contributed by atoms with Crippen LogP contribution in [0.25, 0.3) is 0 Å². The molecule has 0 radical (unpaired) electrons. The third-order valence-corrected chi connectivity index (χ3v) is 3.42. The second-order valence-corrected chi connectivity index (χ2v) is 5.43. The second kappa shape index (κ2) is 8.77. The van der Waals surface area contributed by atoms with E-state index < -0.39 is 11.9 Å². The Morgan fingerprint density at radius 3 is 2.11 bits per heavy atom. The van der Waals surface area contributed by atoms with Gasteiger partial charge in [0.1, 0.15) is 0 Å². The molecule has 5 nitrogen and oxygen atoms in total. The van der Waals surface area contributed by atoms with Gasteiger partial charge in [-0.15, -0.1) is 0 Å². The first kappa shape index (κ1) is 17.7. The van der Waals surface area contributed by atoms with E-state index in [4.69, 9.17) is 5.11 Å². The average molecular weight is 272 g/mol. The predicted molar refractivity (Wildman–Crippen MR) is 76.1 cm³/mol. The zero-order valence-electron chi connectivity index (χ0n) is 12.8. The number of hydrogen-bond acceptors (Lipinski definition) is 2. The maximum Gasteiger partial charge on any atom is 0.317 e. The fraction of sp³-hybridized carbons (Fsp3) is 0.857. The van der Waals surface area contributed by atoms with Crippen LogP contribution in [-0.4, -0.2) is 41.6 Å². The summed E-state index contributed by atoms with van der Waals surface area (Å²) in [6.45, 7) is 8.23. The highest BCUT2D eigenvalue weighted by Gasteiger charge is 2.22. The fourth-order valence-electron chi connectivity index (χ4n) is 2.18. The number of urea groups is 1. The number of nitrogens with one attached hydrogen (secondary N) is 1. The van der Waals surface area contributed by atoms with Gasteiger partial charge in [0.05, 0.1) is 5.92 Å². The van der Waals surface area contributed by atoms with Gasteiger partial charge in [-0.2, -0.15) is 0 Å². The van der Waals surface area contributed by atoms with E-state index >= 15 is 0 Å². The molecule has 0 saturated heterocycles. The predicted octanol–water partition coefficient (Wildman–Crippen LogP) is 2.56. The van der Waals surface area contributed by atoms with E-state index in [-0.39, 0.29) is 18.6 Å². The van der Waals surface area contributed by atoms with Gasteiger partial charge in [0, 0.05) is 19.6 Å². The van der Waals surface area contributed by atoms with E-state index in [0.29, 0.717) is 12.3 Å². The molecule has 0 aromatic heterocycles. The molecule has 0 bridgehead atoms. The smallest absolute Gasteiger partial charge is 0.317 e. The van der Waals surface area contributed by atoms with Crippen LogP contribution in [0, 0.1) is 11.8 Å². The van der Waals surface area contributed by atoms with E-state index in [0.717, 1.165) is 12.8 Å². The van der Waals surface area contributed by atoms with Crippen molar-refractivity contribution in [2.45, 2.75) is 53.0 Å². The quantitative estimate of drug-likeness (QED) is 0.713. The second-order valence-electron chi connectivity index (χ2n) is 5.43. The fourth-order valence-corrected chi connectivity index (χ4v) is 2.18. The van der Waals surface area contributed by atoms with Crippen LogP contribution < -0.4 is 5.32 Å². The van der Waals surface area contributed by atoms with Gasteiger partial charge in [-0.1, -0.05) is 27.7 Å². The highest BCUT2D eigenvalue weighted by atomic mass is 16.4. The van der Waals surface area contributed by atoms with E-state index in [2.05, 4.69) is 5.32 Å². The van der Waals surface area contributed by atoms with E-state index in [1.807, 2.05) is 27.7 Å². The molecule has 1 unspecified atom stereocenters. The number of carbonyl (C=O) groups is 2. The minimum atomic E-state index is -0.848. The zero-order valence-corrected chi connectivity index (χ0v) is 12.8. The monoisotopic (exact) mass is 272 g/mol. The summed E-state index contributed by atoms with van der Waals surface area (Å²) in [4.78, 5) is 24.7. The van der Waals surface area contributed by atoms with Crippen molar-refractivity contribution in [2.24, 2.45) is 11.8 Å². The summed E-state index contributed by atoms with van der Waals surface area (Å²) in [6.07, 6.45) is 2.37. The number of hydrogen-bond donors (Lipinski definition) is 2. The topological polar surface area (TPSA) is 69.6 Å². The summed E-state index contributed by atoms with van der Waals surface area (Å²) in [6, 6.07) is 0.0112. The first-order valence-corrected chi connectivity index (χ1v) is 7.06. The summed E-state index contributed by atoms with van der Waals surface area (Å²) in [5, 5.41) is 11.8. The SMILES string of the molecule is CCC(CC)N(C)C(=O)NCC(CC(C)C)C(=O)O. The third kappa shape index (κ3) is 6.45. The van der Waals surface area contributed by atoms with E-state index in [1.165, 1.54) is 0 Å². The molecule has 112 valence electrons. The molecule has 0 heterocycles. The van der Waals surface area contributed by atoms with Crippen molar-refractivity contribution in [3.05, 3.63) is 0 Å². The molecule has 1 atom stereocenters. The van der Waals surface area contributed by atoms with Crippen LogP contribution in [0.2, 0.25) is 0 Å². The highest BCUT2D eigenvalue weighted by molar-refractivity contribution is 5.76. The summed E-state index contributed by atoms with van der Waals surface area (Å²) in [5.41, 5.74) is 0. The standard InChI is InChI=1S/C14H28N2O3/c1-6-12(7-2)16(5)14(19)15-9-11(13(17)18)8-10(3)4/h10-12H,6-9H2,1-5H3,(H,15,19)(H,17,18). The van der Waals surface area contributed by atoms with Crippen molar-refractivity contribution in [2.75, 3.05) is 13.6 Å². The van der Waals surface area contributed by atoms with Crippen LogP contribution in [-0.2, 0) is 4.79 Å². The number of rotatable bonds is 8. The van der Waals surface area contributed by atoms with Crippen molar-refractivity contribution in [3.63, 3.8) is 0 Å². The van der Waals surface area contributed by atoms with Gasteiger partial charge in [-0.25, -0.2) is 4.79 Å². The number of carboxylic acid groups (broad SMARTS) is 1. The van der Waals surface area contributed by atoms with Crippen LogP contribution >= 0.6 is 0 Å². The van der Waals surface area contributed by atoms with Crippen LogP contribution in [0.5, 0.6) is 0 Å². The molecule has 2 amide bonds. The van der Waals surface area contributed by atoms with Gasteiger partial charge in [0.25, 0.3) is 0 Å². The Labute approximate surface area is 116 Å². The molecule has 0 aliphatic rings. The number of amides is 2. The average Bonchev–Trinajstić information content (AvgIpc) is 2.34. The summed E-state index contributed by atoms with van der Waals surface area (Å²) < 4.78 is 0. The van der Waals surface area contributed by atoms with Crippen molar-refractivity contribution in [1.29, 1.82) is 0 Å². The lowest BCUT2D eigenvalue weighted by Gasteiger charge is -2.27. The van der Waals surface area contributed by atoms with Gasteiger partial charge < -0.3 is 15.3 Å². The molecule has 0 saturated carbocycles.